The van der Waals surface area contributed by atoms with Crippen LogP contribution in [-0.4, -0.2) is 50.0 Å². The predicted octanol–water partition coefficient (Wildman–Crippen LogP) is 3.41. The predicted molar refractivity (Wildman–Crippen MR) is 110 cm³/mol. The molecule has 0 amide bonds. The number of aromatic nitrogens is 3. The molecule has 1 fully saturated rings. The molecule has 2 aliphatic rings. The largest absolute Gasteiger partial charge is 0.481 e. The molecule has 0 spiro atoms. The second-order valence-corrected chi connectivity index (χ2v) is 8.45. The smallest absolute Gasteiger partial charge is 0.167 e. The number of benzene rings is 2. The van der Waals surface area contributed by atoms with Crippen molar-refractivity contribution in [1.29, 1.82) is 0 Å². The van der Waals surface area contributed by atoms with Gasteiger partial charge in [0.2, 0.25) is 0 Å². The Morgan fingerprint density at radius 2 is 1.78 bits per heavy atom. The molecule has 0 bridgehead atoms. The van der Waals surface area contributed by atoms with Crippen LogP contribution in [0.5, 0.6) is 5.75 Å². The lowest BCUT2D eigenvalue weighted by molar-refractivity contribution is 0.0789. The molecule has 1 N–H and O–H groups in total. The molecule has 6 nitrogen and oxygen atoms in total. The van der Waals surface area contributed by atoms with Crippen LogP contribution < -0.4 is 4.74 Å². The van der Waals surface area contributed by atoms with E-state index in [1.165, 1.54) is 18.2 Å². The van der Waals surface area contributed by atoms with Crippen molar-refractivity contribution in [3.05, 3.63) is 70.6 Å². The van der Waals surface area contributed by atoms with Crippen LogP contribution in [0, 0.1) is 31.3 Å². The fraction of sp³-hybridized carbons (Fsp3) is 0.391. The highest BCUT2D eigenvalue weighted by atomic mass is 19.1. The van der Waals surface area contributed by atoms with Gasteiger partial charge in [-0.25, -0.2) is 13.2 Å². The summed E-state index contributed by atoms with van der Waals surface area (Å²) < 4.78 is 51.4. The van der Waals surface area contributed by atoms with E-state index in [2.05, 4.69) is 10.2 Å². The minimum Gasteiger partial charge on any atom is -0.481 e. The highest BCUT2D eigenvalue weighted by molar-refractivity contribution is 5.43. The molecule has 2 heterocycles. The zero-order valence-corrected chi connectivity index (χ0v) is 17.7. The zero-order chi connectivity index (χ0) is 22.6. The van der Waals surface area contributed by atoms with Crippen molar-refractivity contribution in [2.45, 2.75) is 44.9 Å². The van der Waals surface area contributed by atoms with Crippen molar-refractivity contribution in [1.82, 2.24) is 19.7 Å². The Hall–Kier alpha value is -2.91. The van der Waals surface area contributed by atoms with Gasteiger partial charge < -0.3 is 9.84 Å². The minimum absolute atomic E-state index is 0.00982. The number of nitrogens with zero attached hydrogens (tertiary/aromatic N) is 4. The summed E-state index contributed by atoms with van der Waals surface area (Å²) in [6.45, 7) is 4.57. The highest BCUT2D eigenvalue weighted by Crippen LogP contribution is 2.41. The van der Waals surface area contributed by atoms with E-state index >= 15 is 4.39 Å². The van der Waals surface area contributed by atoms with Crippen LogP contribution in [0.15, 0.2) is 30.3 Å². The number of hydrogen-bond donors (Lipinski definition) is 1. The van der Waals surface area contributed by atoms with Gasteiger partial charge in [0.15, 0.2) is 11.6 Å². The topological polar surface area (TPSA) is 63.4 Å². The monoisotopic (exact) mass is 444 g/mol. The Bertz CT molecular complexity index is 1160. The second-order valence-electron chi connectivity index (χ2n) is 8.45. The van der Waals surface area contributed by atoms with E-state index in [0.717, 1.165) is 6.07 Å². The molecule has 168 valence electrons. The first-order chi connectivity index (χ1) is 15.3. The van der Waals surface area contributed by atoms with Crippen LogP contribution in [0.1, 0.15) is 35.3 Å². The number of fused-ring (bicyclic) bond motifs is 1. The maximum atomic E-state index is 15.1. The average Bonchev–Trinajstić information content (AvgIpc) is 3.41. The van der Waals surface area contributed by atoms with Gasteiger partial charge in [-0.05, 0) is 50.5 Å². The number of aliphatic hydroxyl groups excluding tert-OH is 1. The third-order valence-electron chi connectivity index (χ3n) is 6.34. The normalized spacial score (nSPS) is 23.0. The molecule has 32 heavy (non-hydrogen) atoms. The molecule has 1 aliphatic heterocycles. The molecule has 3 atom stereocenters. The summed E-state index contributed by atoms with van der Waals surface area (Å²) in [7, 11) is 0. The lowest BCUT2D eigenvalue weighted by Crippen LogP contribution is -2.39. The number of hydrogen-bond acceptors (Lipinski definition) is 5. The van der Waals surface area contributed by atoms with Crippen LogP contribution >= 0.6 is 0 Å². The first-order valence-corrected chi connectivity index (χ1v) is 10.6. The standard InChI is InChI=1S/C23H23F3N4O2/c1-12-27-28-13(2)30(12)15-3-4-22(20(26)9-15)32-23-18-7-14(24)8-19(25)17(18)10-21(23)29-6-5-16(31)11-29/h3-4,7-9,16,21,23,31H,5-6,10-11H2,1-2H3/t16-,21+,23+/m1/s1. The van der Waals surface area contributed by atoms with Crippen LogP contribution in [0.3, 0.4) is 0 Å². The number of β-amino-alcohol motifs (C(OH)–C–C–N with tert-alkyl or cyclic N) is 1. The zero-order valence-electron chi connectivity index (χ0n) is 17.7. The Balaban J connectivity index is 1.50. The van der Waals surface area contributed by atoms with Crippen molar-refractivity contribution in [2.24, 2.45) is 0 Å². The maximum absolute atomic E-state index is 15.1. The van der Waals surface area contributed by atoms with E-state index in [-0.39, 0.29) is 11.8 Å². The van der Waals surface area contributed by atoms with Gasteiger partial charge in [0.25, 0.3) is 0 Å². The summed E-state index contributed by atoms with van der Waals surface area (Å²) in [6, 6.07) is 6.31. The van der Waals surface area contributed by atoms with Gasteiger partial charge in [0, 0.05) is 30.8 Å². The van der Waals surface area contributed by atoms with Crippen molar-refractivity contribution < 1.29 is 23.0 Å². The molecular weight excluding hydrogens is 421 g/mol. The number of halogens is 3. The van der Waals surface area contributed by atoms with E-state index in [4.69, 9.17) is 4.74 Å². The lowest BCUT2D eigenvalue weighted by Gasteiger charge is -2.30. The molecule has 0 unspecified atom stereocenters. The summed E-state index contributed by atoms with van der Waals surface area (Å²) in [5.41, 5.74) is 1.30. The Morgan fingerprint density at radius 3 is 2.44 bits per heavy atom. The van der Waals surface area contributed by atoms with Gasteiger partial charge in [0.1, 0.15) is 29.4 Å². The Labute approximate surface area is 183 Å². The summed E-state index contributed by atoms with van der Waals surface area (Å²) in [5, 5.41) is 18.0. The fourth-order valence-corrected chi connectivity index (χ4v) is 4.85. The van der Waals surface area contributed by atoms with Crippen LogP contribution in [0.25, 0.3) is 5.69 Å². The SMILES string of the molecule is Cc1nnc(C)n1-c1ccc(O[C@H]2c3cc(F)cc(F)c3C[C@@H]2N2CC[C@@H](O)C2)c(F)c1. The lowest BCUT2D eigenvalue weighted by atomic mass is 10.1. The molecule has 9 heteroatoms. The molecular formula is C23H23F3N4O2. The van der Waals surface area contributed by atoms with Gasteiger partial charge in [-0.15, -0.1) is 10.2 Å². The van der Waals surface area contributed by atoms with Gasteiger partial charge in [-0.1, -0.05) is 0 Å². The average molecular weight is 444 g/mol. The first kappa shape index (κ1) is 21.0. The maximum Gasteiger partial charge on any atom is 0.167 e. The fourth-order valence-electron chi connectivity index (χ4n) is 4.85. The van der Waals surface area contributed by atoms with Crippen molar-refractivity contribution in [3.63, 3.8) is 0 Å². The van der Waals surface area contributed by atoms with Gasteiger partial charge in [0.05, 0.1) is 17.8 Å². The Morgan fingerprint density at radius 1 is 1.03 bits per heavy atom. The third kappa shape index (κ3) is 3.55. The highest BCUT2D eigenvalue weighted by Gasteiger charge is 2.42. The van der Waals surface area contributed by atoms with Gasteiger partial charge in [-0.3, -0.25) is 9.47 Å². The third-order valence-corrected chi connectivity index (χ3v) is 6.34. The van der Waals surface area contributed by atoms with Crippen molar-refractivity contribution >= 4 is 0 Å². The van der Waals surface area contributed by atoms with E-state index in [9.17, 15) is 13.9 Å². The molecule has 5 rings (SSSR count). The Kier molecular flexibility index (Phi) is 5.17. The van der Waals surface area contributed by atoms with Crippen LogP contribution in [0.4, 0.5) is 13.2 Å². The van der Waals surface area contributed by atoms with Crippen LogP contribution in [0.2, 0.25) is 0 Å². The molecule has 1 saturated heterocycles. The second kappa shape index (κ2) is 7.90. The van der Waals surface area contributed by atoms with E-state index in [1.807, 2.05) is 4.90 Å². The minimum atomic E-state index is -0.765. The summed E-state index contributed by atoms with van der Waals surface area (Å²) in [6.07, 6.45) is -0.346. The van der Waals surface area contributed by atoms with Crippen molar-refractivity contribution in [2.75, 3.05) is 13.1 Å². The number of rotatable bonds is 4. The summed E-state index contributed by atoms with van der Waals surface area (Å²) in [4.78, 5) is 2.00. The van der Waals surface area contributed by atoms with Crippen LogP contribution in [-0.2, 0) is 6.42 Å². The van der Waals surface area contributed by atoms with Gasteiger partial charge in [-0.2, -0.15) is 0 Å². The number of ether oxygens (including phenoxy) is 1. The molecule has 0 radical (unpaired) electrons. The quantitative estimate of drug-likeness (QED) is 0.668. The molecule has 2 aromatic carbocycles. The molecule has 1 aromatic heterocycles. The molecule has 1 aliphatic carbocycles. The molecule has 0 saturated carbocycles. The summed E-state index contributed by atoms with van der Waals surface area (Å²) >= 11 is 0. The first-order valence-electron chi connectivity index (χ1n) is 10.6. The van der Waals surface area contributed by atoms with E-state index in [1.54, 1.807) is 24.5 Å². The van der Waals surface area contributed by atoms with Crippen molar-refractivity contribution in [3.8, 4) is 11.4 Å². The number of aliphatic hydroxyl groups is 1. The number of aryl methyl sites for hydroxylation is 2. The molecule has 3 aromatic rings. The van der Waals surface area contributed by atoms with Gasteiger partial charge >= 0.3 is 0 Å². The summed E-state index contributed by atoms with van der Waals surface area (Å²) in [5.74, 6) is -0.695. The van der Waals surface area contributed by atoms with E-state index < -0.39 is 29.7 Å². The number of likely N-dealkylation sites (tertiary alicyclic amines) is 1. The van der Waals surface area contributed by atoms with E-state index in [0.29, 0.717) is 54.4 Å².